The van der Waals surface area contributed by atoms with Crippen LogP contribution in [0.15, 0.2) is 24.3 Å². The first kappa shape index (κ1) is 9.51. The lowest BCUT2D eigenvalue weighted by Gasteiger charge is -2.24. The predicted molar refractivity (Wildman–Crippen MR) is 49.0 cm³/mol. The van der Waals surface area contributed by atoms with Crippen LogP contribution in [0.5, 0.6) is 11.5 Å². The molecule has 1 heterocycles. The van der Waals surface area contributed by atoms with Crippen LogP contribution in [0.2, 0.25) is 0 Å². The van der Waals surface area contributed by atoms with E-state index in [2.05, 4.69) is 0 Å². The Labute approximate surface area is 85.2 Å². The normalized spacial score (nSPS) is 18.3. The van der Waals surface area contributed by atoms with Gasteiger partial charge in [-0.3, -0.25) is 4.79 Å². The zero-order valence-corrected chi connectivity index (χ0v) is 7.67. The summed E-state index contributed by atoms with van der Waals surface area (Å²) in [5.74, 6) is -1.59. The van der Waals surface area contributed by atoms with E-state index >= 15 is 0 Å². The molecule has 1 N–H and O–H groups in total. The smallest absolute Gasteiger partial charge is 0.376 e. The number of hydrogen-bond donors (Lipinski definition) is 1. The van der Waals surface area contributed by atoms with E-state index in [1.807, 2.05) is 0 Å². The summed E-state index contributed by atoms with van der Waals surface area (Å²) in [4.78, 5) is 21.5. The number of carbonyl (C=O) groups is 2. The highest BCUT2D eigenvalue weighted by molar-refractivity contribution is 6.34. The average Bonchev–Trinajstić information content (AvgIpc) is 2.27. The zero-order chi connectivity index (χ0) is 10.8. The van der Waals surface area contributed by atoms with Crippen molar-refractivity contribution in [1.29, 1.82) is 0 Å². The van der Waals surface area contributed by atoms with Crippen LogP contribution >= 0.6 is 0 Å². The van der Waals surface area contributed by atoms with E-state index in [-0.39, 0.29) is 6.61 Å². The summed E-state index contributed by atoms with van der Waals surface area (Å²) >= 11 is 0. The Morgan fingerprint density at radius 1 is 1.27 bits per heavy atom. The first-order chi connectivity index (χ1) is 7.18. The van der Waals surface area contributed by atoms with Crippen LogP contribution in [0.1, 0.15) is 0 Å². The Hall–Kier alpha value is -2.04. The topological polar surface area (TPSA) is 72.8 Å². The predicted octanol–water partition coefficient (Wildman–Crippen LogP) is 0.480. The van der Waals surface area contributed by atoms with Crippen molar-refractivity contribution in [2.24, 2.45) is 0 Å². The third-order valence-electron chi connectivity index (χ3n) is 2.01. The maximum absolute atomic E-state index is 11.1. The second-order valence-corrected chi connectivity index (χ2v) is 3.03. The summed E-state index contributed by atoms with van der Waals surface area (Å²) in [6, 6.07) is 6.80. The number of carboxylic acids is 1. The number of carbonyl (C=O) groups excluding carboxylic acids is 1. The van der Waals surface area contributed by atoms with Gasteiger partial charge < -0.3 is 14.6 Å². The lowest BCUT2D eigenvalue weighted by Crippen LogP contribution is -2.40. The van der Waals surface area contributed by atoms with E-state index in [4.69, 9.17) is 14.6 Å². The number of para-hydroxylation sites is 2. The molecule has 1 aromatic carbocycles. The molecule has 0 saturated heterocycles. The fraction of sp³-hybridized carbons (Fsp3) is 0.200. The van der Waals surface area contributed by atoms with Crippen molar-refractivity contribution in [3.63, 3.8) is 0 Å². The number of ether oxygens (including phenoxy) is 2. The van der Waals surface area contributed by atoms with Gasteiger partial charge in [0.05, 0.1) is 0 Å². The standard InChI is InChI=1S/C10H8O5/c11-9(10(12)13)8-5-14-6-3-1-2-4-7(6)15-8/h1-4,8H,5H2,(H,12,13). The molecule has 0 aliphatic carbocycles. The summed E-state index contributed by atoms with van der Waals surface area (Å²) in [6.07, 6.45) is -1.06. The Balaban J connectivity index is 2.19. The van der Waals surface area contributed by atoms with Gasteiger partial charge in [-0.2, -0.15) is 0 Å². The molecule has 2 rings (SSSR count). The van der Waals surface area contributed by atoms with Crippen molar-refractivity contribution in [2.45, 2.75) is 6.10 Å². The van der Waals surface area contributed by atoms with Gasteiger partial charge >= 0.3 is 5.97 Å². The minimum absolute atomic E-state index is 0.0673. The summed E-state index contributed by atoms with van der Waals surface area (Å²) in [6.45, 7) is -0.0673. The molecule has 0 aromatic heterocycles. The molecule has 0 saturated carbocycles. The van der Waals surface area contributed by atoms with Crippen molar-refractivity contribution < 1.29 is 24.2 Å². The Bertz CT molecular complexity index is 412. The van der Waals surface area contributed by atoms with Gasteiger partial charge in [0.1, 0.15) is 6.61 Å². The number of benzene rings is 1. The maximum atomic E-state index is 11.1. The molecule has 0 spiro atoms. The van der Waals surface area contributed by atoms with E-state index in [0.717, 1.165) is 0 Å². The molecule has 78 valence electrons. The number of fused-ring (bicyclic) bond motifs is 1. The van der Waals surface area contributed by atoms with Crippen molar-refractivity contribution in [3.05, 3.63) is 24.3 Å². The number of ketones is 1. The highest BCUT2D eigenvalue weighted by Crippen LogP contribution is 2.30. The molecule has 1 aliphatic heterocycles. The summed E-state index contributed by atoms with van der Waals surface area (Å²) in [5, 5.41) is 8.50. The summed E-state index contributed by atoms with van der Waals surface area (Å²) in [5.41, 5.74) is 0. The summed E-state index contributed by atoms with van der Waals surface area (Å²) in [7, 11) is 0. The van der Waals surface area contributed by atoms with Gasteiger partial charge in [-0.05, 0) is 12.1 Å². The Kier molecular flexibility index (Phi) is 2.29. The van der Waals surface area contributed by atoms with Crippen molar-refractivity contribution in [1.82, 2.24) is 0 Å². The molecule has 1 atom stereocenters. The van der Waals surface area contributed by atoms with Gasteiger partial charge in [0.15, 0.2) is 11.5 Å². The molecule has 1 aliphatic rings. The highest BCUT2D eigenvalue weighted by Gasteiger charge is 2.31. The van der Waals surface area contributed by atoms with Gasteiger partial charge in [-0.25, -0.2) is 4.79 Å². The van der Waals surface area contributed by atoms with Crippen molar-refractivity contribution in [3.8, 4) is 11.5 Å². The number of hydrogen-bond acceptors (Lipinski definition) is 4. The minimum Gasteiger partial charge on any atom is -0.485 e. The number of aliphatic carboxylic acids is 1. The van der Waals surface area contributed by atoms with Crippen molar-refractivity contribution in [2.75, 3.05) is 6.61 Å². The molecule has 5 nitrogen and oxygen atoms in total. The second-order valence-electron chi connectivity index (χ2n) is 3.03. The molecular weight excluding hydrogens is 200 g/mol. The van der Waals surface area contributed by atoms with Crippen LogP contribution in [0, 0.1) is 0 Å². The van der Waals surface area contributed by atoms with Gasteiger partial charge in [-0.15, -0.1) is 0 Å². The van der Waals surface area contributed by atoms with Gasteiger partial charge in [-0.1, -0.05) is 12.1 Å². The largest absolute Gasteiger partial charge is 0.485 e. The zero-order valence-electron chi connectivity index (χ0n) is 7.67. The second kappa shape index (κ2) is 3.61. The Morgan fingerprint density at radius 3 is 2.60 bits per heavy atom. The summed E-state index contributed by atoms with van der Waals surface area (Å²) < 4.78 is 10.4. The number of carboxylic acid groups (broad SMARTS) is 1. The number of rotatable bonds is 2. The van der Waals surface area contributed by atoms with Gasteiger partial charge in [0, 0.05) is 0 Å². The third-order valence-corrected chi connectivity index (χ3v) is 2.01. The molecule has 1 unspecified atom stereocenters. The van der Waals surface area contributed by atoms with E-state index < -0.39 is 17.9 Å². The minimum atomic E-state index is -1.51. The SMILES string of the molecule is O=C(O)C(=O)C1COc2ccccc2O1. The highest BCUT2D eigenvalue weighted by atomic mass is 16.6. The third kappa shape index (κ3) is 1.76. The molecule has 15 heavy (non-hydrogen) atoms. The fourth-order valence-electron chi connectivity index (χ4n) is 1.29. The number of Topliss-reactive ketones (excluding diaryl/α,β-unsaturated/α-hetero) is 1. The van der Waals surface area contributed by atoms with E-state index in [1.54, 1.807) is 24.3 Å². The van der Waals surface area contributed by atoms with Crippen LogP contribution in [0.25, 0.3) is 0 Å². The quantitative estimate of drug-likeness (QED) is 0.715. The van der Waals surface area contributed by atoms with Crippen molar-refractivity contribution >= 4 is 11.8 Å². The van der Waals surface area contributed by atoms with Crippen LogP contribution < -0.4 is 9.47 Å². The molecule has 1 aromatic rings. The fourth-order valence-corrected chi connectivity index (χ4v) is 1.29. The molecule has 0 bridgehead atoms. The van der Waals surface area contributed by atoms with E-state index in [9.17, 15) is 9.59 Å². The van der Waals surface area contributed by atoms with E-state index in [1.165, 1.54) is 0 Å². The molecule has 0 radical (unpaired) electrons. The lowest BCUT2D eigenvalue weighted by molar-refractivity contribution is -0.153. The molecule has 0 fully saturated rings. The van der Waals surface area contributed by atoms with Crippen LogP contribution in [-0.2, 0) is 9.59 Å². The first-order valence-electron chi connectivity index (χ1n) is 4.34. The molecular formula is C10H8O5. The molecule has 0 amide bonds. The van der Waals surface area contributed by atoms with Gasteiger partial charge in [0.2, 0.25) is 6.10 Å². The van der Waals surface area contributed by atoms with Gasteiger partial charge in [0.25, 0.3) is 5.78 Å². The lowest BCUT2D eigenvalue weighted by atomic mass is 10.2. The van der Waals surface area contributed by atoms with Crippen LogP contribution in [-0.4, -0.2) is 29.6 Å². The maximum Gasteiger partial charge on any atom is 0.376 e. The van der Waals surface area contributed by atoms with Crippen LogP contribution in [0.3, 0.4) is 0 Å². The van der Waals surface area contributed by atoms with E-state index in [0.29, 0.717) is 11.5 Å². The van der Waals surface area contributed by atoms with Crippen LogP contribution in [0.4, 0.5) is 0 Å². The Morgan fingerprint density at radius 2 is 1.93 bits per heavy atom. The molecule has 5 heteroatoms. The first-order valence-corrected chi connectivity index (χ1v) is 4.34. The monoisotopic (exact) mass is 208 g/mol. The average molecular weight is 208 g/mol.